The molecule has 0 saturated heterocycles. The number of aryl methyl sites for hydroxylation is 2. The molecule has 4 rings (SSSR count). The van der Waals surface area contributed by atoms with Gasteiger partial charge in [0.15, 0.2) is 0 Å². The molecule has 2 aliphatic carbocycles. The highest BCUT2D eigenvalue weighted by Gasteiger charge is 2.38. The average Bonchev–Trinajstić information content (AvgIpc) is 3.57. The van der Waals surface area contributed by atoms with Gasteiger partial charge in [-0.2, -0.15) is 0 Å². The highest BCUT2D eigenvalue weighted by atomic mass is 16.2. The fraction of sp³-hybridized carbons (Fsp3) is 0.455. The van der Waals surface area contributed by atoms with E-state index in [2.05, 4.69) is 10.6 Å². The first-order chi connectivity index (χ1) is 13.0. The van der Waals surface area contributed by atoms with Crippen LogP contribution in [0.25, 0.3) is 0 Å². The Bertz CT molecular complexity index is 831. The number of carbonyl (C=O) groups is 2. The third-order valence-electron chi connectivity index (χ3n) is 5.54. The quantitative estimate of drug-likeness (QED) is 0.757. The number of hydrogen-bond acceptors (Lipinski definition) is 2. The molecule has 0 atom stereocenters. The molecule has 0 aliphatic heterocycles. The molecular weight excluding hydrogens is 338 g/mol. The van der Waals surface area contributed by atoms with E-state index in [1.165, 1.54) is 0 Å². The molecule has 142 valence electrons. The summed E-state index contributed by atoms with van der Waals surface area (Å²) in [6, 6.07) is 12.2. The second kappa shape index (κ2) is 7.22. The van der Waals surface area contributed by atoms with Gasteiger partial charge in [-0.1, -0.05) is 17.7 Å². The normalized spacial score (nSPS) is 16.2. The summed E-state index contributed by atoms with van der Waals surface area (Å²) >= 11 is 0. The molecule has 5 nitrogen and oxygen atoms in total. The van der Waals surface area contributed by atoms with Crippen LogP contribution >= 0.6 is 0 Å². The third-order valence-corrected chi connectivity index (χ3v) is 5.54. The molecule has 5 heteroatoms. The van der Waals surface area contributed by atoms with Gasteiger partial charge < -0.3 is 14.4 Å². The van der Waals surface area contributed by atoms with Gasteiger partial charge in [-0.15, -0.1) is 0 Å². The Labute approximate surface area is 160 Å². The van der Waals surface area contributed by atoms with E-state index in [0.717, 1.165) is 36.9 Å². The molecule has 2 aliphatic rings. The van der Waals surface area contributed by atoms with Crippen LogP contribution in [0.5, 0.6) is 0 Å². The number of amides is 2. The molecule has 0 bridgehead atoms. The summed E-state index contributed by atoms with van der Waals surface area (Å²) in [6.07, 6.45) is 6.11. The summed E-state index contributed by atoms with van der Waals surface area (Å²) in [5.41, 5.74) is 2.92. The van der Waals surface area contributed by atoms with E-state index in [4.69, 9.17) is 0 Å². The SMILES string of the molecule is Cc1ccc(C(=O)N(CC(=O)N(Cc2cccn2C)C2CC2)C2CC2)cc1. The van der Waals surface area contributed by atoms with Crippen molar-refractivity contribution in [1.82, 2.24) is 14.4 Å². The molecular formula is C22H27N3O2. The average molecular weight is 365 g/mol. The van der Waals surface area contributed by atoms with Crippen LogP contribution in [-0.4, -0.2) is 44.8 Å². The lowest BCUT2D eigenvalue weighted by molar-refractivity contribution is -0.133. The van der Waals surface area contributed by atoms with Crippen LogP contribution in [0.15, 0.2) is 42.6 Å². The Balaban J connectivity index is 1.48. The minimum absolute atomic E-state index is 0.0273. The van der Waals surface area contributed by atoms with Gasteiger partial charge in [0.1, 0.15) is 6.54 Å². The molecule has 0 N–H and O–H groups in total. The first-order valence-corrected chi connectivity index (χ1v) is 9.80. The van der Waals surface area contributed by atoms with Crippen LogP contribution in [0.2, 0.25) is 0 Å². The number of hydrogen-bond donors (Lipinski definition) is 0. The van der Waals surface area contributed by atoms with Gasteiger partial charge in [-0.05, 0) is 56.9 Å². The molecule has 1 heterocycles. The lowest BCUT2D eigenvalue weighted by Gasteiger charge is -2.28. The van der Waals surface area contributed by atoms with Crippen LogP contribution in [-0.2, 0) is 18.4 Å². The third kappa shape index (κ3) is 4.07. The summed E-state index contributed by atoms with van der Waals surface area (Å²) in [5, 5.41) is 0. The predicted molar refractivity (Wildman–Crippen MR) is 104 cm³/mol. The molecule has 0 spiro atoms. The Morgan fingerprint density at radius 1 is 1.00 bits per heavy atom. The molecule has 0 radical (unpaired) electrons. The molecule has 27 heavy (non-hydrogen) atoms. The summed E-state index contributed by atoms with van der Waals surface area (Å²) in [5.74, 6) is 0.0338. The number of aromatic nitrogens is 1. The van der Waals surface area contributed by atoms with Crippen molar-refractivity contribution < 1.29 is 9.59 Å². The van der Waals surface area contributed by atoms with Gasteiger partial charge in [-0.3, -0.25) is 9.59 Å². The number of benzene rings is 1. The van der Waals surface area contributed by atoms with Gasteiger partial charge in [0, 0.05) is 36.6 Å². The van der Waals surface area contributed by atoms with Crippen molar-refractivity contribution in [3.05, 3.63) is 59.4 Å². The maximum atomic E-state index is 13.1. The zero-order valence-corrected chi connectivity index (χ0v) is 16.1. The van der Waals surface area contributed by atoms with E-state index in [0.29, 0.717) is 18.2 Å². The van der Waals surface area contributed by atoms with Crippen molar-refractivity contribution in [3.8, 4) is 0 Å². The Morgan fingerprint density at radius 2 is 1.63 bits per heavy atom. The predicted octanol–water partition coefficient (Wildman–Crippen LogP) is 3.13. The topological polar surface area (TPSA) is 45.6 Å². The molecule has 2 amide bonds. The zero-order chi connectivity index (χ0) is 19.0. The smallest absolute Gasteiger partial charge is 0.254 e. The summed E-state index contributed by atoms with van der Waals surface area (Å²) < 4.78 is 2.05. The summed E-state index contributed by atoms with van der Waals surface area (Å²) in [7, 11) is 2.00. The van der Waals surface area contributed by atoms with E-state index in [9.17, 15) is 9.59 Å². The van der Waals surface area contributed by atoms with Crippen LogP contribution in [0, 0.1) is 6.92 Å². The fourth-order valence-electron chi connectivity index (χ4n) is 3.49. The molecule has 0 unspecified atom stereocenters. The lowest BCUT2D eigenvalue weighted by atomic mass is 10.1. The van der Waals surface area contributed by atoms with E-state index >= 15 is 0 Å². The second-order valence-electron chi connectivity index (χ2n) is 7.89. The van der Waals surface area contributed by atoms with Crippen molar-refractivity contribution in [2.24, 2.45) is 7.05 Å². The maximum Gasteiger partial charge on any atom is 0.254 e. The monoisotopic (exact) mass is 365 g/mol. The molecule has 2 fully saturated rings. The van der Waals surface area contributed by atoms with Gasteiger partial charge in [0.2, 0.25) is 5.91 Å². The summed E-state index contributed by atoms with van der Waals surface area (Å²) in [4.78, 5) is 29.9. The van der Waals surface area contributed by atoms with E-state index < -0.39 is 0 Å². The zero-order valence-electron chi connectivity index (χ0n) is 16.1. The summed E-state index contributed by atoms with van der Waals surface area (Å²) in [6.45, 7) is 2.80. The van der Waals surface area contributed by atoms with Crippen molar-refractivity contribution in [2.45, 2.75) is 51.2 Å². The lowest BCUT2D eigenvalue weighted by Crippen LogP contribution is -2.44. The van der Waals surface area contributed by atoms with E-state index in [1.807, 2.05) is 55.4 Å². The minimum atomic E-state index is -0.0273. The number of nitrogens with zero attached hydrogens (tertiary/aromatic N) is 3. The Morgan fingerprint density at radius 3 is 2.19 bits per heavy atom. The van der Waals surface area contributed by atoms with E-state index in [-0.39, 0.29) is 24.4 Å². The van der Waals surface area contributed by atoms with Crippen LogP contribution in [0.3, 0.4) is 0 Å². The Hall–Kier alpha value is -2.56. The van der Waals surface area contributed by atoms with Gasteiger partial charge in [0.25, 0.3) is 5.91 Å². The van der Waals surface area contributed by atoms with Crippen LogP contribution in [0.4, 0.5) is 0 Å². The molecule has 1 aromatic carbocycles. The van der Waals surface area contributed by atoms with Crippen molar-refractivity contribution in [1.29, 1.82) is 0 Å². The van der Waals surface area contributed by atoms with Crippen molar-refractivity contribution in [3.63, 3.8) is 0 Å². The van der Waals surface area contributed by atoms with Gasteiger partial charge in [0.05, 0.1) is 6.54 Å². The van der Waals surface area contributed by atoms with E-state index in [1.54, 1.807) is 4.90 Å². The molecule has 2 saturated carbocycles. The first kappa shape index (κ1) is 17.8. The standard InChI is InChI=1S/C22H27N3O2/c1-16-5-7-17(8-6-16)22(27)25(19-11-12-19)15-21(26)24(18-9-10-18)14-20-4-3-13-23(20)2/h3-8,13,18-19H,9-12,14-15H2,1-2H3. The first-order valence-electron chi connectivity index (χ1n) is 9.80. The number of rotatable bonds is 7. The highest BCUT2D eigenvalue weighted by molar-refractivity contribution is 5.97. The molecule has 1 aromatic heterocycles. The fourth-order valence-corrected chi connectivity index (χ4v) is 3.49. The second-order valence-corrected chi connectivity index (χ2v) is 7.89. The molecule has 2 aromatic rings. The van der Waals surface area contributed by atoms with Gasteiger partial charge >= 0.3 is 0 Å². The Kier molecular flexibility index (Phi) is 4.77. The number of carbonyl (C=O) groups excluding carboxylic acids is 2. The van der Waals surface area contributed by atoms with Crippen molar-refractivity contribution >= 4 is 11.8 Å². The largest absolute Gasteiger partial charge is 0.353 e. The van der Waals surface area contributed by atoms with Gasteiger partial charge in [-0.25, -0.2) is 0 Å². The minimum Gasteiger partial charge on any atom is -0.353 e. The van der Waals surface area contributed by atoms with Crippen molar-refractivity contribution in [2.75, 3.05) is 6.54 Å². The van der Waals surface area contributed by atoms with Crippen LogP contribution in [0.1, 0.15) is 47.3 Å². The van der Waals surface area contributed by atoms with Crippen LogP contribution < -0.4 is 0 Å². The highest BCUT2D eigenvalue weighted by Crippen LogP contribution is 2.31. The maximum absolute atomic E-state index is 13.1.